The zero-order chi connectivity index (χ0) is 13.3. The van der Waals surface area contributed by atoms with Crippen LogP contribution < -0.4 is 0 Å². The van der Waals surface area contributed by atoms with Crippen molar-refractivity contribution in [2.24, 2.45) is 14.1 Å². The average molecular weight is 246 g/mol. The number of carbonyl (C=O) groups excluding carboxylic acids is 1. The van der Waals surface area contributed by atoms with Crippen molar-refractivity contribution in [3.63, 3.8) is 0 Å². The Hall–Kier alpha value is -1.91. The highest BCUT2D eigenvalue weighted by Gasteiger charge is 2.15. The van der Waals surface area contributed by atoms with Gasteiger partial charge in [-0.15, -0.1) is 0 Å². The van der Waals surface area contributed by atoms with Crippen LogP contribution in [0.4, 0.5) is 0 Å². The lowest BCUT2D eigenvalue weighted by Crippen LogP contribution is -2.09. The number of aromatic nitrogens is 4. The molecular formula is C13H18N4O. The molecule has 0 aliphatic rings. The predicted molar refractivity (Wildman–Crippen MR) is 68.6 cm³/mol. The van der Waals surface area contributed by atoms with Gasteiger partial charge < -0.3 is 0 Å². The summed E-state index contributed by atoms with van der Waals surface area (Å²) < 4.78 is 3.50. The van der Waals surface area contributed by atoms with Gasteiger partial charge in [-0.25, -0.2) is 0 Å². The molecule has 5 nitrogen and oxygen atoms in total. The summed E-state index contributed by atoms with van der Waals surface area (Å²) in [4.78, 5) is 12.2. The summed E-state index contributed by atoms with van der Waals surface area (Å²) in [5.74, 6) is 0.0891. The summed E-state index contributed by atoms with van der Waals surface area (Å²) in [5.41, 5.74) is 3.55. The van der Waals surface area contributed by atoms with E-state index in [1.807, 2.05) is 27.1 Å². The van der Waals surface area contributed by atoms with Gasteiger partial charge in [0.1, 0.15) is 0 Å². The Labute approximate surface area is 106 Å². The highest BCUT2D eigenvalue weighted by molar-refractivity contribution is 5.98. The maximum absolute atomic E-state index is 12.2. The van der Waals surface area contributed by atoms with E-state index in [-0.39, 0.29) is 5.78 Å². The Morgan fingerprint density at radius 2 is 2.06 bits per heavy atom. The van der Waals surface area contributed by atoms with Crippen molar-refractivity contribution in [2.75, 3.05) is 0 Å². The van der Waals surface area contributed by atoms with E-state index in [0.717, 1.165) is 23.5 Å². The van der Waals surface area contributed by atoms with Crippen LogP contribution in [-0.4, -0.2) is 25.3 Å². The van der Waals surface area contributed by atoms with Crippen LogP contribution in [0.2, 0.25) is 0 Å². The molecule has 0 atom stereocenters. The van der Waals surface area contributed by atoms with E-state index in [2.05, 4.69) is 17.1 Å². The molecule has 0 aliphatic carbocycles. The monoisotopic (exact) mass is 246 g/mol. The minimum Gasteiger partial charge on any atom is -0.294 e. The van der Waals surface area contributed by atoms with E-state index < -0.39 is 0 Å². The smallest absolute Gasteiger partial charge is 0.172 e. The van der Waals surface area contributed by atoms with Crippen LogP contribution in [-0.2, 0) is 26.9 Å². The first-order valence-electron chi connectivity index (χ1n) is 6.06. The van der Waals surface area contributed by atoms with Gasteiger partial charge in [-0.3, -0.25) is 14.2 Å². The number of hydrogen-bond donors (Lipinski definition) is 0. The van der Waals surface area contributed by atoms with Crippen molar-refractivity contribution in [3.8, 4) is 0 Å². The lowest BCUT2D eigenvalue weighted by Gasteiger charge is -2.01. The molecule has 2 aromatic heterocycles. The van der Waals surface area contributed by atoms with Crippen molar-refractivity contribution in [1.29, 1.82) is 0 Å². The van der Waals surface area contributed by atoms with Gasteiger partial charge in [0.2, 0.25) is 0 Å². The fourth-order valence-corrected chi connectivity index (χ4v) is 1.94. The Morgan fingerprint density at radius 3 is 2.56 bits per heavy atom. The summed E-state index contributed by atoms with van der Waals surface area (Å²) in [6.07, 6.45) is 2.89. The fourth-order valence-electron chi connectivity index (χ4n) is 1.94. The molecule has 18 heavy (non-hydrogen) atoms. The molecule has 0 radical (unpaired) electrons. The van der Waals surface area contributed by atoms with Crippen molar-refractivity contribution in [3.05, 3.63) is 34.9 Å². The van der Waals surface area contributed by atoms with E-state index in [9.17, 15) is 4.79 Å². The van der Waals surface area contributed by atoms with Gasteiger partial charge in [0.25, 0.3) is 0 Å². The molecule has 0 bridgehead atoms. The van der Waals surface area contributed by atoms with Crippen molar-refractivity contribution in [2.45, 2.75) is 26.7 Å². The lowest BCUT2D eigenvalue weighted by atomic mass is 10.1. The minimum atomic E-state index is 0.0891. The van der Waals surface area contributed by atoms with Crippen molar-refractivity contribution < 1.29 is 4.79 Å². The number of Topliss-reactive ketones (excluding diaryl/α,β-unsaturated/α-hetero) is 1. The molecule has 2 heterocycles. The summed E-state index contributed by atoms with van der Waals surface area (Å²) >= 11 is 0. The Morgan fingerprint density at radius 1 is 1.33 bits per heavy atom. The van der Waals surface area contributed by atoms with Crippen LogP contribution in [0, 0.1) is 6.92 Å². The molecule has 96 valence electrons. The standard InChI is InChI=1S/C13H18N4O/c1-5-10-6-11(17(4)15-10)7-13(18)12-8-14-16(3)9(12)2/h6,8H,5,7H2,1-4H3. The maximum atomic E-state index is 12.2. The number of carbonyl (C=O) groups is 1. The third kappa shape index (κ3) is 2.20. The number of rotatable bonds is 4. The second-order valence-corrected chi connectivity index (χ2v) is 4.47. The van der Waals surface area contributed by atoms with Crippen LogP contribution in [0.15, 0.2) is 12.3 Å². The fraction of sp³-hybridized carbons (Fsp3) is 0.462. The Balaban J connectivity index is 2.21. The van der Waals surface area contributed by atoms with Crippen LogP contribution in [0.1, 0.15) is 34.4 Å². The molecule has 0 saturated carbocycles. The highest BCUT2D eigenvalue weighted by atomic mass is 16.1. The van der Waals surface area contributed by atoms with E-state index in [1.165, 1.54) is 0 Å². The van der Waals surface area contributed by atoms with Crippen LogP contribution in [0.3, 0.4) is 0 Å². The third-order valence-corrected chi connectivity index (χ3v) is 3.27. The average Bonchev–Trinajstić information content (AvgIpc) is 2.85. The highest BCUT2D eigenvalue weighted by Crippen LogP contribution is 2.12. The molecular weight excluding hydrogens is 228 g/mol. The molecule has 0 unspecified atom stereocenters. The van der Waals surface area contributed by atoms with E-state index in [0.29, 0.717) is 12.0 Å². The van der Waals surface area contributed by atoms with E-state index in [1.54, 1.807) is 15.6 Å². The van der Waals surface area contributed by atoms with E-state index in [4.69, 9.17) is 0 Å². The molecule has 2 aromatic rings. The van der Waals surface area contributed by atoms with Gasteiger partial charge in [-0.2, -0.15) is 10.2 Å². The number of nitrogens with zero attached hydrogens (tertiary/aromatic N) is 4. The number of ketones is 1. The SMILES string of the molecule is CCc1cc(CC(=O)c2cnn(C)c2C)n(C)n1. The molecule has 0 spiro atoms. The van der Waals surface area contributed by atoms with Gasteiger partial charge >= 0.3 is 0 Å². The van der Waals surface area contributed by atoms with Gasteiger partial charge in [0.05, 0.1) is 23.9 Å². The molecule has 0 aromatic carbocycles. The first-order valence-corrected chi connectivity index (χ1v) is 6.06. The van der Waals surface area contributed by atoms with Crippen LogP contribution >= 0.6 is 0 Å². The Bertz CT molecular complexity index is 580. The molecule has 0 aliphatic heterocycles. The van der Waals surface area contributed by atoms with Crippen molar-refractivity contribution in [1.82, 2.24) is 19.6 Å². The van der Waals surface area contributed by atoms with E-state index >= 15 is 0 Å². The number of aryl methyl sites for hydroxylation is 3. The van der Waals surface area contributed by atoms with Crippen LogP contribution in [0.5, 0.6) is 0 Å². The maximum Gasteiger partial charge on any atom is 0.172 e. The first kappa shape index (κ1) is 12.5. The normalized spacial score (nSPS) is 10.9. The third-order valence-electron chi connectivity index (χ3n) is 3.27. The van der Waals surface area contributed by atoms with Gasteiger partial charge in [0, 0.05) is 25.5 Å². The second-order valence-electron chi connectivity index (χ2n) is 4.47. The molecule has 0 saturated heterocycles. The second kappa shape index (κ2) is 4.76. The number of hydrogen-bond acceptors (Lipinski definition) is 3. The largest absolute Gasteiger partial charge is 0.294 e. The molecule has 5 heteroatoms. The molecule has 2 rings (SSSR count). The zero-order valence-corrected chi connectivity index (χ0v) is 11.3. The molecule has 0 amide bonds. The summed E-state index contributed by atoms with van der Waals surface area (Å²) in [6.45, 7) is 3.96. The topological polar surface area (TPSA) is 52.7 Å². The van der Waals surface area contributed by atoms with Crippen LogP contribution in [0.25, 0.3) is 0 Å². The summed E-state index contributed by atoms with van der Waals surface area (Å²) in [5, 5.41) is 8.44. The molecule has 0 fully saturated rings. The summed E-state index contributed by atoms with van der Waals surface area (Å²) in [6, 6.07) is 1.99. The first-order chi connectivity index (χ1) is 8.52. The Kier molecular flexibility index (Phi) is 3.32. The quantitative estimate of drug-likeness (QED) is 0.767. The van der Waals surface area contributed by atoms with Gasteiger partial charge in [-0.05, 0) is 19.4 Å². The minimum absolute atomic E-state index is 0.0891. The predicted octanol–water partition coefficient (Wildman–Crippen LogP) is 1.45. The molecule has 0 N–H and O–H groups in total. The summed E-state index contributed by atoms with van der Waals surface area (Å²) in [7, 11) is 3.71. The van der Waals surface area contributed by atoms with Crippen molar-refractivity contribution >= 4 is 5.78 Å². The lowest BCUT2D eigenvalue weighted by molar-refractivity contribution is 0.0990. The zero-order valence-electron chi connectivity index (χ0n) is 11.3. The van der Waals surface area contributed by atoms with Gasteiger partial charge in [-0.1, -0.05) is 6.92 Å². The van der Waals surface area contributed by atoms with Gasteiger partial charge in [0.15, 0.2) is 5.78 Å².